The van der Waals surface area contributed by atoms with Gasteiger partial charge >= 0.3 is 0 Å². The second-order valence-electron chi connectivity index (χ2n) is 9.91. The van der Waals surface area contributed by atoms with Gasteiger partial charge in [-0.1, -0.05) is 0 Å². The van der Waals surface area contributed by atoms with Crippen LogP contribution in [0, 0.1) is 24.7 Å². The summed E-state index contributed by atoms with van der Waals surface area (Å²) in [5, 5.41) is 21.8. The monoisotopic (exact) mass is 464 g/mol. The van der Waals surface area contributed by atoms with Gasteiger partial charge in [0.2, 0.25) is 5.91 Å². The van der Waals surface area contributed by atoms with Gasteiger partial charge in [0, 0.05) is 18.4 Å². The van der Waals surface area contributed by atoms with E-state index in [2.05, 4.69) is 31.0 Å². The SMILES string of the molecule is Cc1cc(Cn2cc(NC(=O)[C@@H](NC(=O)c3ccnn3C(C)C)C(C3CC3)C3CC3)cn2)[nH]n1. The Morgan fingerprint density at radius 2 is 1.91 bits per heavy atom. The van der Waals surface area contributed by atoms with Crippen LogP contribution >= 0.6 is 0 Å². The van der Waals surface area contributed by atoms with Crippen molar-refractivity contribution in [3.8, 4) is 0 Å². The average Bonchev–Trinajstić information content (AvgIpc) is 3.67. The number of amides is 2. The van der Waals surface area contributed by atoms with E-state index in [9.17, 15) is 9.59 Å². The normalized spacial score (nSPS) is 16.7. The highest BCUT2D eigenvalue weighted by Gasteiger charge is 2.48. The molecule has 0 spiro atoms. The van der Waals surface area contributed by atoms with Crippen molar-refractivity contribution >= 4 is 17.5 Å². The lowest BCUT2D eigenvalue weighted by molar-refractivity contribution is -0.119. The standard InChI is InChI=1S/C24H32N8O2/c1-14(2)32-20(8-9-25-32)23(33)28-22(21(16-4-5-16)17-6-7-17)24(34)27-19-11-26-31(13-19)12-18-10-15(3)29-30-18/h8-11,13-14,16-17,21-22H,4-7,12H2,1-3H3,(H,27,34)(H,28,33)(H,29,30)/t22-/m0/s1. The number of carbonyl (C=O) groups excluding carboxylic acids is 2. The summed E-state index contributed by atoms with van der Waals surface area (Å²) in [6, 6.07) is 3.12. The summed E-state index contributed by atoms with van der Waals surface area (Å²) in [6.45, 7) is 6.41. The van der Waals surface area contributed by atoms with E-state index in [1.165, 1.54) is 0 Å². The van der Waals surface area contributed by atoms with Gasteiger partial charge in [-0.05, 0) is 76.3 Å². The summed E-state index contributed by atoms with van der Waals surface area (Å²) in [5.74, 6) is 0.685. The minimum atomic E-state index is -0.596. The smallest absolute Gasteiger partial charge is 0.270 e. The topological polar surface area (TPSA) is 123 Å². The molecule has 2 saturated carbocycles. The van der Waals surface area contributed by atoms with Crippen molar-refractivity contribution in [3.63, 3.8) is 0 Å². The van der Waals surface area contributed by atoms with Gasteiger partial charge in [-0.25, -0.2) is 0 Å². The van der Waals surface area contributed by atoms with Crippen molar-refractivity contribution in [2.24, 2.45) is 17.8 Å². The molecule has 0 unspecified atom stereocenters. The lowest BCUT2D eigenvalue weighted by atomic mass is 9.88. The maximum atomic E-state index is 13.5. The molecule has 0 aromatic carbocycles. The van der Waals surface area contributed by atoms with E-state index in [-0.39, 0.29) is 23.8 Å². The molecule has 2 fully saturated rings. The molecular formula is C24H32N8O2. The Labute approximate surface area is 198 Å². The first-order valence-corrected chi connectivity index (χ1v) is 12.1. The number of rotatable bonds is 10. The highest BCUT2D eigenvalue weighted by Crippen LogP contribution is 2.50. The quantitative estimate of drug-likeness (QED) is 0.426. The molecule has 0 saturated heterocycles. The fourth-order valence-corrected chi connectivity index (χ4v) is 4.82. The molecule has 5 rings (SSSR count). The van der Waals surface area contributed by atoms with Crippen LogP contribution < -0.4 is 10.6 Å². The Morgan fingerprint density at radius 1 is 1.18 bits per heavy atom. The number of nitrogens with zero attached hydrogens (tertiary/aromatic N) is 5. The molecule has 2 aliphatic rings. The van der Waals surface area contributed by atoms with E-state index in [1.54, 1.807) is 34.0 Å². The molecule has 2 aliphatic carbocycles. The third-order valence-corrected chi connectivity index (χ3v) is 6.67. The minimum Gasteiger partial charge on any atom is -0.339 e. The molecule has 34 heavy (non-hydrogen) atoms. The van der Waals surface area contributed by atoms with Crippen LogP contribution in [0.5, 0.6) is 0 Å². The number of anilines is 1. The number of hydrogen-bond donors (Lipinski definition) is 3. The average molecular weight is 465 g/mol. The van der Waals surface area contributed by atoms with Crippen LogP contribution in [0.2, 0.25) is 0 Å². The van der Waals surface area contributed by atoms with E-state index in [1.807, 2.05) is 26.8 Å². The Hall–Kier alpha value is -3.43. The van der Waals surface area contributed by atoms with E-state index < -0.39 is 6.04 Å². The summed E-state index contributed by atoms with van der Waals surface area (Å²) < 4.78 is 3.44. The van der Waals surface area contributed by atoms with Crippen molar-refractivity contribution < 1.29 is 9.59 Å². The predicted octanol–water partition coefficient (Wildman–Crippen LogP) is 2.91. The Balaban J connectivity index is 1.32. The number of nitrogens with one attached hydrogen (secondary N) is 3. The number of hydrogen-bond acceptors (Lipinski definition) is 5. The van der Waals surface area contributed by atoms with Gasteiger partial charge in [0.25, 0.3) is 5.91 Å². The zero-order valence-electron chi connectivity index (χ0n) is 19.9. The Kier molecular flexibility index (Phi) is 5.97. The highest BCUT2D eigenvalue weighted by atomic mass is 16.2. The van der Waals surface area contributed by atoms with Gasteiger partial charge in [0.05, 0.1) is 29.8 Å². The van der Waals surface area contributed by atoms with Crippen LogP contribution in [0.15, 0.2) is 30.7 Å². The van der Waals surface area contributed by atoms with Crippen molar-refractivity contribution in [3.05, 3.63) is 47.8 Å². The van der Waals surface area contributed by atoms with Crippen LogP contribution in [0.25, 0.3) is 0 Å². The molecule has 10 heteroatoms. The molecule has 1 atom stereocenters. The largest absolute Gasteiger partial charge is 0.339 e. The number of aryl methyl sites for hydroxylation is 1. The minimum absolute atomic E-state index is 0.0511. The molecule has 3 aromatic rings. The zero-order chi connectivity index (χ0) is 23.8. The lowest BCUT2D eigenvalue weighted by Gasteiger charge is -2.27. The Bertz CT molecular complexity index is 1160. The Morgan fingerprint density at radius 3 is 2.53 bits per heavy atom. The second kappa shape index (κ2) is 9.08. The van der Waals surface area contributed by atoms with Gasteiger partial charge in [-0.15, -0.1) is 0 Å². The van der Waals surface area contributed by atoms with Gasteiger partial charge in [0.15, 0.2) is 0 Å². The number of aromatic amines is 1. The fourth-order valence-electron chi connectivity index (χ4n) is 4.82. The maximum absolute atomic E-state index is 13.5. The van der Waals surface area contributed by atoms with Gasteiger partial charge in [-0.3, -0.25) is 24.1 Å². The second-order valence-corrected chi connectivity index (χ2v) is 9.91. The third kappa shape index (κ3) is 4.90. The van der Waals surface area contributed by atoms with Crippen molar-refractivity contribution in [2.75, 3.05) is 5.32 Å². The first-order chi connectivity index (χ1) is 16.4. The lowest BCUT2D eigenvalue weighted by Crippen LogP contribution is -2.50. The zero-order valence-corrected chi connectivity index (χ0v) is 19.9. The predicted molar refractivity (Wildman–Crippen MR) is 126 cm³/mol. The summed E-state index contributed by atoms with van der Waals surface area (Å²) in [6.07, 6.45) is 9.52. The molecule has 3 N–H and O–H groups in total. The van der Waals surface area contributed by atoms with Crippen LogP contribution in [0.4, 0.5) is 5.69 Å². The number of H-pyrrole nitrogens is 1. The number of carbonyl (C=O) groups is 2. The molecule has 0 bridgehead atoms. The molecule has 3 aromatic heterocycles. The van der Waals surface area contributed by atoms with E-state index in [0.717, 1.165) is 37.1 Å². The first-order valence-electron chi connectivity index (χ1n) is 12.1. The van der Waals surface area contributed by atoms with Crippen LogP contribution in [0.1, 0.15) is 67.4 Å². The molecule has 0 radical (unpaired) electrons. The van der Waals surface area contributed by atoms with Crippen molar-refractivity contribution in [2.45, 2.75) is 65.1 Å². The molecule has 2 amide bonds. The van der Waals surface area contributed by atoms with Crippen molar-refractivity contribution in [1.29, 1.82) is 0 Å². The first kappa shape index (κ1) is 22.4. The van der Waals surface area contributed by atoms with Gasteiger partial charge < -0.3 is 10.6 Å². The summed E-state index contributed by atoms with van der Waals surface area (Å²) in [4.78, 5) is 26.7. The van der Waals surface area contributed by atoms with E-state index >= 15 is 0 Å². The van der Waals surface area contributed by atoms with Gasteiger partial charge in [0.1, 0.15) is 11.7 Å². The van der Waals surface area contributed by atoms with Crippen molar-refractivity contribution in [1.82, 2.24) is 35.1 Å². The molecular weight excluding hydrogens is 432 g/mol. The summed E-state index contributed by atoms with van der Waals surface area (Å²) >= 11 is 0. The highest BCUT2D eigenvalue weighted by molar-refractivity contribution is 6.00. The fraction of sp³-hybridized carbons (Fsp3) is 0.542. The molecule has 0 aliphatic heterocycles. The molecule has 180 valence electrons. The van der Waals surface area contributed by atoms with Crippen LogP contribution in [-0.4, -0.2) is 47.6 Å². The van der Waals surface area contributed by atoms with Crippen LogP contribution in [-0.2, 0) is 11.3 Å². The summed E-state index contributed by atoms with van der Waals surface area (Å²) in [5.41, 5.74) is 2.94. The molecule has 3 heterocycles. The summed E-state index contributed by atoms with van der Waals surface area (Å²) in [7, 11) is 0. The maximum Gasteiger partial charge on any atom is 0.270 e. The van der Waals surface area contributed by atoms with E-state index in [0.29, 0.717) is 29.8 Å². The van der Waals surface area contributed by atoms with E-state index in [4.69, 9.17) is 0 Å². The van der Waals surface area contributed by atoms with Gasteiger partial charge in [-0.2, -0.15) is 15.3 Å². The molecule has 10 nitrogen and oxygen atoms in total. The number of aromatic nitrogens is 6. The third-order valence-electron chi connectivity index (χ3n) is 6.67. The van der Waals surface area contributed by atoms with Crippen LogP contribution in [0.3, 0.4) is 0 Å².